The van der Waals surface area contributed by atoms with Crippen LogP contribution in [0.5, 0.6) is 5.75 Å². The first-order valence-electron chi connectivity index (χ1n) is 7.22. The molecule has 5 nitrogen and oxygen atoms in total. The molecule has 0 spiro atoms. The van der Waals surface area contributed by atoms with E-state index in [2.05, 4.69) is 6.92 Å². The van der Waals surface area contributed by atoms with Gasteiger partial charge in [0.1, 0.15) is 11.8 Å². The zero-order valence-corrected chi connectivity index (χ0v) is 12.6. The largest absolute Gasteiger partial charge is 0.508 e. The van der Waals surface area contributed by atoms with Crippen LogP contribution in [-0.4, -0.2) is 40.1 Å². The van der Waals surface area contributed by atoms with Crippen LogP contribution in [0.4, 0.5) is 0 Å². The van der Waals surface area contributed by atoms with Gasteiger partial charge in [-0.05, 0) is 24.1 Å². The summed E-state index contributed by atoms with van der Waals surface area (Å²) in [7, 11) is 1.54. The van der Waals surface area contributed by atoms with E-state index in [9.17, 15) is 19.8 Å². The number of rotatable bonds is 8. The summed E-state index contributed by atoms with van der Waals surface area (Å²) in [6, 6.07) is 5.47. The van der Waals surface area contributed by atoms with Gasteiger partial charge in [0.15, 0.2) is 0 Å². The first-order chi connectivity index (χ1) is 9.95. The maximum absolute atomic E-state index is 12.0. The highest BCUT2D eigenvalue weighted by Gasteiger charge is 2.26. The van der Waals surface area contributed by atoms with E-state index in [4.69, 9.17) is 0 Å². The minimum Gasteiger partial charge on any atom is -0.508 e. The number of nitrogens with zero attached hydrogens (tertiary/aromatic N) is 1. The number of hydrogen-bond acceptors (Lipinski definition) is 3. The van der Waals surface area contributed by atoms with Gasteiger partial charge in [-0.3, -0.25) is 4.79 Å². The number of phenolic OH excluding ortho intramolecular Hbond substituents is 1. The van der Waals surface area contributed by atoms with Crippen LogP contribution in [0.25, 0.3) is 0 Å². The number of phenols is 1. The summed E-state index contributed by atoms with van der Waals surface area (Å²) >= 11 is 0. The summed E-state index contributed by atoms with van der Waals surface area (Å²) in [6.45, 7) is 2.05. The van der Waals surface area contributed by atoms with Crippen molar-refractivity contribution < 1.29 is 19.8 Å². The second kappa shape index (κ2) is 8.29. The number of unbranched alkanes of at least 4 members (excludes halogenated alkanes) is 2. The van der Waals surface area contributed by atoms with Crippen LogP contribution >= 0.6 is 0 Å². The van der Waals surface area contributed by atoms with Gasteiger partial charge in [-0.1, -0.05) is 31.9 Å². The van der Waals surface area contributed by atoms with Gasteiger partial charge >= 0.3 is 5.97 Å². The highest BCUT2D eigenvalue weighted by Crippen LogP contribution is 2.14. The van der Waals surface area contributed by atoms with E-state index in [1.165, 1.54) is 24.1 Å². The number of amides is 1. The fourth-order valence-electron chi connectivity index (χ4n) is 2.12. The molecule has 0 aliphatic rings. The average molecular weight is 293 g/mol. The molecule has 2 N–H and O–H groups in total. The van der Waals surface area contributed by atoms with Crippen molar-refractivity contribution in [2.75, 3.05) is 7.05 Å². The molecule has 1 aromatic carbocycles. The first kappa shape index (κ1) is 17.0. The smallest absolute Gasteiger partial charge is 0.326 e. The standard InChI is InChI=1S/C16H23NO4/c1-3-4-5-6-15(19)17(2)14(16(20)21)11-12-7-9-13(18)10-8-12/h7-10,14,18H,3-6,11H2,1-2H3,(H,20,21)/t14-/m0/s1. The molecule has 0 aromatic heterocycles. The molecule has 0 radical (unpaired) electrons. The Morgan fingerprint density at radius 2 is 1.81 bits per heavy atom. The van der Waals surface area contributed by atoms with Crippen molar-refractivity contribution in [3.63, 3.8) is 0 Å². The van der Waals surface area contributed by atoms with Crippen molar-refractivity contribution >= 4 is 11.9 Å². The fourth-order valence-corrected chi connectivity index (χ4v) is 2.12. The fraction of sp³-hybridized carbons (Fsp3) is 0.500. The van der Waals surface area contributed by atoms with Crippen LogP contribution in [0.3, 0.4) is 0 Å². The van der Waals surface area contributed by atoms with Gasteiger partial charge in [0.2, 0.25) is 5.91 Å². The molecular formula is C16H23NO4. The zero-order valence-electron chi connectivity index (χ0n) is 12.6. The number of carboxylic acids is 1. The van der Waals surface area contributed by atoms with E-state index in [0.29, 0.717) is 6.42 Å². The molecule has 1 rings (SSSR count). The van der Waals surface area contributed by atoms with Crippen LogP contribution < -0.4 is 0 Å². The van der Waals surface area contributed by atoms with Crippen molar-refractivity contribution in [3.05, 3.63) is 29.8 Å². The molecule has 1 aromatic rings. The van der Waals surface area contributed by atoms with Gasteiger partial charge < -0.3 is 15.1 Å². The Hall–Kier alpha value is -2.04. The molecule has 0 saturated heterocycles. The Kier molecular flexibility index (Phi) is 6.72. The molecule has 1 amide bonds. The van der Waals surface area contributed by atoms with Gasteiger partial charge in [0.05, 0.1) is 0 Å². The van der Waals surface area contributed by atoms with E-state index in [1.807, 2.05) is 0 Å². The lowest BCUT2D eigenvalue weighted by Crippen LogP contribution is -2.43. The summed E-state index contributed by atoms with van der Waals surface area (Å²) in [5, 5.41) is 18.6. The lowest BCUT2D eigenvalue weighted by atomic mass is 10.0. The van der Waals surface area contributed by atoms with Gasteiger partial charge in [-0.25, -0.2) is 4.79 Å². The third-order valence-corrected chi connectivity index (χ3v) is 3.51. The predicted molar refractivity (Wildman–Crippen MR) is 80.1 cm³/mol. The van der Waals surface area contributed by atoms with Gasteiger partial charge in [-0.2, -0.15) is 0 Å². The molecule has 1 atom stereocenters. The van der Waals surface area contributed by atoms with Crippen LogP contribution in [-0.2, 0) is 16.0 Å². The van der Waals surface area contributed by atoms with Crippen molar-refractivity contribution in [2.45, 2.75) is 45.1 Å². The number of aromatic hydroxyl groups is 1. The van der Waals surface area contributed by atoms with Crippen molar-refractivity contribution in [1.29, 1.82) is 0 Å². The number of carboxylic acid groups (broad SMARTS) is 1. The highest BCUT2D eigenvalue weighted by atomic mass is 16.4. The Morgan fingerprint density at radius 3 is 2.33 bits per heavy atom. The lowest BCUT2D eigenvalue weighted by Gasteiger charge is -2.25. The summed E-state index contributed by atoms with van der Waals surface area (Å²) in [4.78, 5) is 24.7. The van der Waals surface area contributed by atoms with E-state index < -0.39 is 12.0 Å². The van der Waals surface area contributed by atoms with Crippen molar-refractivity contribution in [3.8, 4) is 5.75 Å². The third-order valence-electron chi connectivity index (χ3n) is 3.51. The molecular weight excluding hydrogens is 270 g/mol. The van der Waals surface area contributed by atoms with Crippen LogP contribution in [0.1, 0.15) is 38.2 Å². The van der Waals surface area contributed by atoms with E-state index in [1.54, 1.807) is 12.1 Å². The molecule has 0 fully saturated rings. The van der Waals surface area contributed by atoms with Crippen LogP contribution in [0, 0.1) is 0 Å². The van der Waals surface area contributed by atoms with E-state index >= 15 is 0 Å². The SMILES string of the molecule is CCCCCC(=O)N(C)[C@@H](Cc1ccc(O)cc1)C(=O)O. The Balaban J connectivity index is 2.69. The maximum Gasteiger partial charge on any atom is 0.326 e. The monoisotopic (exact) mass is 293 g/mol. The molecule has 116 valence electrons. The van der Waals surface area contributed by atoms with Crippen LogP contribution in [0.2, 0.25) is 0 Å². The molecule has 5 heteroatoms. The summed E-state index contributed by atoms with van der Waals surface area (Å²) in [5.74, 6) is -1.03. The quantitative estimate of drug-likeness (QED) is 0.722. The number of hydrogen-bond donors (Lipinski definition) is 2. The molecule has 0 unspecified atom stereocenters. The molecule has 0 bridgehead atoms. The topological polar surface area (TPSA) is 77.8 Å². The summed E-state index contributed by atoms with van der Waals surface area (Å²) in [5.41, 5.74) is 0.772. The Labute approximate surface area is 125 Å². The zero-order chi connectivity index (χ0) is 15.8. The van der Waals surface area contributed by atoms with E-state index in [0.717, 1.165) is 24.8 Å². The minimum absolute atomic E-state index is 0.134. The van der Waals surface area contributed by atoms with Crippen molar-refractivity contribution in [2.24, 2.45) is 0 Å². The van der Waals surface area contributed by atoms with E-state index in [-0.39, 0.29) is 18.1 Å². The lowest BCUT2D eigenvalue weighted by molar-refractivity contribution is -0.149. The summed E-state index contributed by atoms with van der Waals surface area (Å²) < 4.78 is 0. The maximum atomic E-state index is 12.0. The van der Waals surface area contributed by atoms with Gasteiger partial charge in [0.25, 0.3) is 0 Å². The Morgan fingerprint density at radius 1 is 1.19 bits per heavy atom. The number of likely N-dealkylation sites (N-methyl/N-ethyl adjacent to an activating group) is 1. The van der Waals surface area contributed by atoms with Crippen molar-refractivity contribution in [1.82, 2.24) is 4.90 Å². The number of carbonyl (C=O) groups excluding carboxylic acids is 1. The first-order valence-corrected chi connectivity index (χ1v) is 7.22. The molecule has 0 heterocycles. The molecule has 0 saturated carbocycles. The van der Waals surface area contributed by atoms with Gasteiger partial charge in [0, 0.05) is 19.9 Å². The number of aliphatic carboxylic acids is 1. The summed E-state index contributed by atoms with van der Waals surface area (Å²) in [6.07, 6.45) is 3.38. The van der Waals surface area contributed by atoms with Gasteiger partial charge in [-0.15, -0.1) is 0 Å². The normalized spacial score (nSPS) is 11.9. The molecule has 21 heavy (non-hydrogen) atoms. The average Bonchev–Trinajstić information content (AvgIpc) is 2.45. The third kappa shape index (κ3) is 5.45. The second-order valence-corrected chi connectivity index (χ2v) is 5.19. The highest BCUT2D eigenvalue weighted by molar-refractivity contribution is 5.83. The Bertz CT molecular complexity index is 470. The van der Waals surface area contributed by atoms with Crippen LogP contribution in [0.15, 0.2) is 24.3 Å². The minimum atomic E-state index is -1.02. The predicted octanol–water partition coefficient (Wildman–Crippen LogP) is 2.43. The molecule has 0 aliphatic heterocycles. The molecule has 0 aliphatic carbocycles. The number of benzene rings is 1. The second-order valence-electron chi connectivity index (χ2n) is 5.19. The number of carbonyl (C=O) groups is 2.